The van der Waals surface area contributed by atoms with Crippen molar-refractivity contribution in [3.05, 3.63) is 23.8 Å². The van der Waals surface area contributed by atoms with Crippen molar-refractivity contribution in [3.8, 4) is 11.5 Å². The number of carbonyl (C=O) groups excluding carboxylic acids is 1. The van der Waals surface area contributed by atoms with Crippen LogP contribution in [0.2, 0.25) is 0 Å². The molecule has 0 saturated carbocycles. The molecule has 2 aliphatic heterocycles. The first kappa shape index (κ1) is 15.1. The van der Waals surface area contributed by atoms with E-state index < -0.39 is 15.8 Å². The van der Waals surface area contributed by atoms with Crippen molar-refractivity contribution in [1.29, 1.82) is 0 Å². The summed E-state index contributed by atoms with van der Waals surface area (Å²) in [6.07, 6.45) is 1.10. The highest BCUT2D eigenvalue weighted by molar-refractivity contribution is 7.91. The van der Waals surface area contributed by atoms with E-state index >= 15 is 0 Å². The molecule has 1 amide bonds. The van der Waals surface area contributed by atoms with Gasteiger partial charge in [0.15, 0.2) is 21.3 Å². The van der Waals surface area contributed by atoms with Gasteiger partial charge in [-0.05, 0) is 30.5 Å². The third kappa shape index (κ3) is 3.52. The van der Waals surface area contributed by atoms with E-state index in [1.807, 2.05) is 18.2 Å². The zero-order chi connectivity index (χ0) is 15.6. The second-order valence-electron chi connectivity index (χ2n) is 5.62. The van der Waals surface area contributed by atoms with Crippen molar-refractivity contribution in [2.45, 2.75) is 12.8 Å². The predicted octanol–water partition coefficient (Wildman–Crippen LogP) is 0.551. The molecule has 1 saturated heterocycles. The Labute approximate surface area is 129 Å². The zero-order valence-electron chi connectivity index (χ0n) is 12.2. The van der Waals surface area contributed by atoms with Crippen molar-refractivity contribution < 1.29 is 22.7 Å². The first-order chi connectivity index (χ1) is 10.5. The number of carbonyl (C=O) groups is 1. The van der Waals surface area contributed by atoms with Crippen molar-refractivity contribution in [2.24, 2.45) is 5.92 Å². The second-order valence-corrected chi connectivity index (χ2v) is 7.85. The summed E-state index contributed by atoms with van der Waals surface area (Å²) in [6.45, 7) is 1.59. The van der Waals surface area contributed by atoms with Crippen molar-refractivity contribution in [3.63, 3.8) is 0 Å². The van der Waals surface area contributed by atoms with E-state index in [4.69, 9.17) is 9.47 Å². The Morgan fingerprint density at radius 1 is 1.23 bits per heavy atom. The molecule has 1 fully saturated rings. The number of hydrogen-bond acceptors (Lipinski definition) is 5. The molecule has 7 heteroatoms. The SMILES string of the molecule is O=C(NCCc1ccc2c(c1)OCCO2)[C@@H]1CCS(=O)(=O)C1. The van der Waals surface area contributed by atoms with Gasteiger partial charge >= 0.3 is 0 Å². The normalized spacial score (nSPS) is 22.3. The zero-order valence-corrected chi connectivity index (χ0v) is 13.0. The minimum Gasteiger partial charge on any atom is -0.486 e. The molecule has 120 valence electrons. The number of amides is 1. The standard InChI is InChI=1S/C15H19NO5S/c17-15(12-4-8-22(18,19)10-12)16-5-3-11-1-2-13-14(9-11)21-7-6-20-13/h1-2,9,12H,3-8,10H2,(H,16,17)/t12-/m1/s1. The van der Waals surface area contributed by atoms with Crippen LogP contribution in [0.5, 0.6) is 11.5 Å². The number of nitrogens with one attached hydrogen (secondary N) is 1. The van der Waals surface area contributed by atoms with Gasteiger partial charge in [-0.3, -0.25) is 4.79 Å². The molecule has 3 rings (SSSR count). The molecular formula is C15H19NO5S. The van der Waals surface area contributed by atoms with Gasteiger partial charge in [-0.25, -0.2) is 8.42 Å². The van der Waals surface area contributed by atoms with Gasteiger partial charge in [0, 0.05) is 6.54 Å². The Balaban J connectivity index is 1.50. The van der Waals surface area contributed by atoms with Crippen LogP contribution in [0.3, 0.4) is 0 Å². The van der Waals surface area contributed by atoms with Crippen LogP contribution in [0.25, 0.3) is 0 Å². The maximum atomic E-state index is 11.9. The Hall–Kier alpha value is -1.76. The van der Waals surface area contributed by atoms with Crippen LogP contribution in [-0.4, -0.2) is 45.6 Å². The summed E-state index contributed by atoms with van der Waals surface area (Å²) in [4.78, 5) is 11.9. The smallest absolute Gasteiger partial charge is 0.224 e. The predicted molar refractivity (Wildman–Crippen MR) is 80.9 cm³/mol. The van der Waals surface area contributed by atoms with Crippen LogP contribution in [0.1, 0.15) is 12.0 Å². The molecule has 6 nitrogen and oxygen atoms in total. The molecule has 0 radical (unpaired) electrons. The van der Waals surface area contributed by atoms with Crippen LogP contribution in [0.15, 0.2) is 18.2 Å². The molecule has 2 heterocycles. The highest BCUT2D eigenvalue weighted by Gasteiger charge is 2.32. The van der Waals surface area contributed by atoms with E-state index in [-0.39, 0.29) is 17.4 Å². The fourth-order valence-electron chi connectivity index (χ4n) is 2.72. The van der Waals surface area contributed by atoms with E-state index in [1.165, 1.54) is 0 Å². The lowest BCUT2D eigenvalue weighted by molar-refractivity contribution is -0.124. The Morgan fingerprint density at radius 3 is 2.73 bits per heavy atom. The molecular weight excluding hydrogens is 306 g/mol. The third-order valence-electron chi connectivity index (χ3n) is 3.92. The summed E-state index contributed by atoms with van der Waals surface area (Å²) in [6, 6.07) is 5.73. The molecule has 1 N–H and O–H groups in total. The van der Waals surface area contributed by atoms with Crippen LogP contribution >= 0.6 is 0 Å². The lowest BCUT2D eigenvalue weighted by Gasteiger charge is -2.19. The molecule has 0 aromatic heterocycles. The topological polar surface area (TPSA) is 81.7 Å². The number of benzene rings is 1. The highest BCUT2D eigenvalue weighted by Crippen LogP contribution is 2.30. The van der Waals surface area contributed by atoms with Crippen molar-refractivity contribution >= 4 is 15.7 Å². The maximum absolute atomic E-state index is 11.9. The van der Waals surface area contributed by atoms with Crippen LogP contribution in [-0.2, 0) is 21.1 Å². The van der Waals surface area contributed by atoms with Crippen LogP contribution < -0.4 is 14.8 Å². The number of sulfone groups is 1. The van der Waals surface area contributed by atoms with Gasteiger partial charge in [-0.1, -0.05) is 6.07 Å². The molecule has 1 aromatic carbocycles. The summed E-state index contributed by atoms with van der Waals surface area (Å²) >= 11 is 0. The van der Waals surface area contributed by atoms with E-state index in [0.29, 0.717) is 32.6 Å². The Morgan fingerprint density at radius 2 is 2.00 bits per heavy atom. The van der Waals surface area contributed by atoms with Gasteiger partial charge in [0.2, 0.25) is 5.91 Å². The molecule has 0 bridgehead atoms. The molecule has 1 atom stereocenters. The molecule has 0 spiro atoms. The number of rotatable bonds is 4. The van der Waals surface area contributed by atoms with Gasteiger partial charge < -0.3 is 14.8 Å². The van der Waals surface area contributed by atoms with E-state index in [9.17, 15) is 13.2 Å². The molecule has 1 aromatic rings. The fraction of sp³-hybridized carbons (Fsp3) is 0.533. The largest absolute Gasteiger partial charge is 0.486 e. The fourth-order valence-corrected chi connectivity index (χ4v) is 4.46. The van der Waals surface area contributed by atoms with E-state index in [1.54, 1.807) is 0 Å². The van der Waals surface area contributed by atoms with Crippen molar-refractivity contribution in [1.82, 2.24) is 5.32 Å². The monoisotopic (exact) mass is 325 g/mol. The van der Waals surface area contributed by atoms with Gasteiger partial charge in [-0.15, -0.1) is 0 Å². The Kier molecular flexibility index (Phi) is 4.24. The summed E-state index contributed by atoms with van der Waals surface area (Å²) in [5.74, 6) is 1.01. The second kappa shape index (κ2) is 6.16. The summed E-state index contributed by atoms with van der Waals surface area (Å²) in [5, 5.41) is 2.82. The average Bonchev–Trinajstić information content (AvgIpc) is 2.87. The quantitative estimate of drug-likeness (QED) is 0.874. The lowest BCUT2D eigenvalue weighted by Crippen LogP contribution is -2.32. The number of fused-ring (bicyclic) bond motifs is 1. The minimum absolute atomic E-state index is 0.0249. The van der Waals surface area contributed by atoms with Gasteiger partial charge in [-0.2, -0.15) is 0 Å². The average molecular weight is 325 g/mol. The van der Waals surface area contributed by atoms with E-state index in [2.05, 4.69) is 5.32 Å². The molecule has 22 heavy (non-hydrogen) atoms. The molecule has 2 aliphatic rings. The van der Waals surface area contributed by atoms with Gasteiger partial charge in [0.05, 0.1) is 17.4 Å². The first-order valence-electron chi connectivity index (χ1n) is 7.40. The van der Waals surface area contributed by atoms with Gasteiger partial charge in [0.1, 0.15) is 13.2 Å². The highest BCUT2D eigenvalue weighted by atomic mass is 32.2. The molecule has 0 aliphatic carbocycles. The van der Waals surface area contributed by atoms with Gasteiger partial charge in [0.25, 0.3) is 0 Å². The van der Waals surface area contributed by atoms with Crippen LogP contribution in [0, 0.1) is 5.92 Å². The summed E-state index contributed by atoms with van der Waals surface area (Å²) in [5.41, 5.74) is 1.04. The minimum atomic E-state index is -3.02. The third-order valence-corrected chi connectivity index (χ3v) is 5.69. The lowest BCUT2D eigenvalue weighted by atomic mass is 10.1. The van der Waals surface area contributed by atoms with Crippen LogP contribution in [0.4, 0.5) is 0 Å². The maximum Gasteiger partial charge on any atom is 0.224 e. The Bertz CT molecular complexity index is 671. The van der Waals surface area contributed by atoms with E-state index in [0.717, 1.165) is 17.1 Å². The number of hydrogen-bond donors (Lipinski definition) is 1. The first-order valence-corrected chi connectivity index (χ1v) is 9.22. The molecule has 0 unspecified atom stereocenters. The summed E-state index contributed by atoms with van der Waals surface area (Å²) < 4.78 is 33.7. The van der Waals surface area contributed by atoms with Crippen molar-refractivity contribution in [2.75, 3.05) is 31.3 Å². The summed E-state index contributed by atoms with van der Waals surface area (Å²) in [7, 11) is -3.02. The number of ether oxygens (including phenoxy) is 2.